The maximum absolute atomic E-state index is 9.21. The molecule has 2 rings (SSSR count). The van der Waals surface area contributed by atoms with E-state index >= 15 is 0 Å². The Morgan fingerprint density at radius 2 is 2.05 bits per heavy atom. The van der Waals surface area contributed by atoms with Crippen molar-refractivity contribution in [2.75, 3.05) is 19.7 Å². The Morgan fingerprint density at radius 1 is 1.21 bits per heavy atom. The highest BCUT2D eigenvalue weighted by molar-refractivity contribution is 5.19. The lowest BCUT2D eigenvalue weighted by atomic mass is 9.93. The second kappa shape index (κ2) is 8.13. The Kier molecular flexibility index (Phi) is 6.12. The summed E-state index contributed by atoms with van der Waals surface area (Å²) in [6.07, 6.45) is 9.17. The average Bonchev–Trinajstić information content (AvgIpc) is 2.48. The first-order valence-corrected chi connectivity index (χ1v) is 7.41. The number of hydrogen-bond acceptors (Lipinski definition) is 2. The monoisotopic (exact) mass is 259 g/mol. The molecule has 0 radical (unpaired) electrons. The number of aliphatic hydroxyl groups excluding tert-OH is 1. The quantitative estimate of drug-likeness (QED) is 0.738. The van der Waals surface area contributed by atoms with Crippen molar-refractivity contribution in [1.82, 2.24) is 5.32 Å². The second-order valence-electron chi connectivity index (χ2n) is 5.43. The van der Waals surface area contributed by atoms with Gasteiger partial charge in [0, 0.05) is 13.2 Å². The fourth-order valence-electron chi connectivity index (χ4n) is 2.77. The van der Waals surface area contributed by atoms with E-state index in [1.165, 1.54) is 24.8 Å². The molecule has 2 atom stereocenters. The van der Waals surface area contributed by atoms with Gasteiger partial charge in [-0.2, -0.15) is 0 Å². The highest BCUT2D eigenvalue weighted by Crippen LogP contribution is 2.20. The average molecular weight is 259 g/mol. The number of aliphatic hydroxyl groups is 1. The van der Waals surface area contributed by atoms with E-state index in [2.05, 4.69) is 41.7 Å². The van der Waals surface area contributed by atoms with Crippen molar-refractivity contribution < 1.29 is 5.11 Å². The minimum Gasteiger partial charge on any atom is -0.396 e. The highest BCUT2D eigenvalue weighted by atomic mass is 16.3. The van der Waals surface area contributed by atoms with Crippen LogP contribution in [0.25, 0.3) is 0 Å². The van der Waals surface area contributed by atoms with Gasteiger partial charge in [0.05, 0.1) is 0 Å². The lowest BCUT2D eigenvalue weighted by molar-refractivity contribution is 0.272. The zero-order chi connectivity index (χ0) is 13.3. The van der Waals surface area contributed by atoms with Crippen molar-refractivity contribution in [3.05, 3.63) is 48.0 Å². The third-order valence-electron chi connectivity index (χ3n) is 3.95. The van der Waals surface area contributed by atoms with Gasteiger partial charge in [0.1, 0.15) is 0 Å². The van der Waals surface area contributed by atoms with Crippen LogP contribution in [0.15, 0.2) is 42.5 Å². The summed E-state index contributed by atoms with van der Waals surface area (Å²) in [5.41, 5.74) is 1.33. The molecule has 1 aliphatic carbocycles. The Balaban J connectivity index is 1.79. The van der Waals surface area contributed by atoms with E-state index in [0.29, 0.717) is 5.92 Å². The molecular formula is C17H25NO. The molecule has 2 nitrogen and oxygen atoms in total. The number of allylic oxidation sites excluding steroid dienone is 2. The molecule has 0 saturated carbocycles. The number of nitrogens with one attached hydrogen (secondary N) is 1. The predicted molar refractivity (Wildman–Crippen MR) is 80.2 cm³/mol. The smallest absolute Gasteiger partial charge is 0.0437 e. The molecule has 2 N–H and O–H groups in total. The number of benzene rings is 1. The number of rotatable bonds is 7. The van der Waals surface area contributed by atoms with Crippen LogP contribution in [0.1, 0.15) is 37.2 Å². The van der Waals surface area contributed by atoms with Crippen LogP contribution in [-0.2, 0) is 0 Å². The van der Waals surface area contributed by atoms with Crippen LogP contribution in [0.5, 0.6) is 0 Å². The zero-order valence-electron chi connectivity index (χ0n) is 11.6. The Labute approximate surface area is 116 Å². The van der Waals surface area contributed by atoms with Gasteiger partial charge in [-0.3, -0.25) is 0 Å². The van der Waals surface area contributed by atoms with Crippen molar-refractivity contribution in [3.8, 4) is 0 Å². The van der Waals surface area contributed by atoms with Crippen molar-refractivity contribution in [1.29, 1.82) is 0 Å². The third-order valence-corrected chi connectivity index (χ3v) is 3.95. The molecule has 0 aromatic heterocycles. The van der Waals surface area contributed by atoms with E-state index in [4.69, 9.17) is 0 Å². The first-order chi connectivity index (χ1) is 9.40. The summed E-state index contributed by atoms with van der Waals surface area (Å²) in [5.74, 6) is 1.21. The first kappa shape index (κ1) is 14.3. The van der Waals surface area contributed by atoms with Crippen molar-refractivity contribution in [3.63, 3.8) is 0 Å². The molecule has 19 heavy (non-hydrogen) atoms. The summed E-state index contributed by atoms with van der Waals surface area (Å²) < 4.78 is 0. The second-order valence-corrected chi connectivity index (χ2v) is 5.43. The largest absolute Gasteiger partial charge is 0.396 e. The molecule has 0 saturated heterocycles. The molecule has 0 bridgehead atoms. The van der Waals surface area contributed by atoms with Crippen molar-refractivity contribution in [2.45, 2.75) is 31.6 Å². The molecule has 104 valence electrons. The van der Waals surface area contributed by atoms with Crippen LogP contribution < -0.4 is 5.32 Å². The molecule has 2 heteroatoms. The summed E-state index contributed by atoms with van der Waals surface area (Å²) in [6.45, 7) is 2.32. The SMILES string of the molecule is OCC[C@@H](CNC[C@@H]1CC=CCC1)c1ccccc1. The molecule has 0 spiro atoms. The van der Waals surface area contributed by atoms with Crippen LogP contribution in [0.4, 0.5) is 0 Å². The van der Waals surface area contributed by atoms with E-state index in [0.717, 1.165) is 25.4 Å². The van der Waals surface area contributed by atoms with Crippen LogP contribution in [0.3, 0.4) is 0 Å². The summed E-state index contributed by atoms with van der Waals surface area (Å²) in [7, 11) is 0. The standard InChI is InChI=1S/C17H25NO/c19-12-11-17(16-9-5-2-6-10-16)14-18-13-15-7-3-1-4-8-15/h1-3,5-6,9-10,15,17-19H,4,7-8,11-14H2/t15-,17+/m1/s1. The minimum absolute atomic E-state index is 0.257. The lowest BCUT2D eigenvalue weighted by Crippen LogP contribution is -2.28. The van der Waals surface area contributed by atoms with Gasteiger partial charge < -0.3 is 10.4 Å². The maximum Gasteiger partial charge on any atom is 0.0437 e. The van der Waals surface area contributed by atoms with Gasteiger partial charge in [0.15, 0.2) is 0 Å². The van der Waals surface area contributed by atoms with Gasteiger partial charge >= 0.3 is 0 Å². The Hall–Kier alpha value is -1.12. The van der Waals surface area contributed by atoms with E-state index in [-0.39, 0.29) is 6.61 Å². The Bertz CT molecular complexity index is 374. The molecule has 1 aromatic carbocycles. The van der Waals surface area contributed by atoms with E-state index in [9.17, 15) is 5.11 Å². The Morgan fingerprint density at radius 3 is 2.74 bits per heavy atom. The molecule has 0 fully saturated rings. The topological polar surface area (TPSA) is 32.3 Å². The molecule has 0 aliphatic heterocycles. The maximum atomic E-state index is 9.21. The third kappa shape index (κ3) is 4.81. The predicted octanol–water partition coefficient (Wildman–Crippen LogP) is 3.10. The molecule has 1 aliphatic rings. The highest BCUT2D eigenvalue weighted by Gasteiger charge is 2.13. The van der Waals surface area contributed by atoms with Gasteiger partial charge in [0.2, 0.25) is 0 Å². The van der Waals surface area contributed by atoms with Crippen LogP contribution in [-0.4, -0.2) is 24.8 Å². The summed E-state index contributed by atoms with van der Waals surface area (Å²) in [5, 5.41) is 12.8. The van der Waals surface area contributed by atoms with Crippen LogP contribution in [0, 0.1) is 5.92 Å². The zero-order valence-corrected chi connectivity index (χ0v) is 11.6. The van der Waals surface area contributed by atoms with Crippen molar-refractivity contribution in [2.24, 2.45) is 5.92 Å². The minimum atomic E-state index is 0.257. The fraction of sp³-hybridized carbons (Fsp3) is 0.529. The van der Waals surface area contributed by atoms with E-state index < -0.39 is 0 Å². The van der Waals surface area contributed by atoms with Crippen molar-refractivity contribution >= 4 is 0 Å². The normalized spacial score (nSPS) is 20.4. The van der Waals surface area contributed by atoms with Gasteiger partial charge in [-0.05, 0) is 49.6 Å². The van der Waals surface area contributed by atoms with Crippen LogP contribution in [0.2, 0.25) is 0 Å². The molecule has 0 heterocycles. The summed E-state index contributed by atoms with van der Waals surface area (Å²) in [4.78, 5) is 0. The van der Waals surface area contributed by atoms with Gasteiger partial charge in [0.25, 0.3) is 0 Å². The number of hydrogen-bond donors (Lipinski definition) is 2. The summed E-state index contributed by atoms with van der Waals surface area (Å²) in [6, 6.07) is 10.5. The molecule has 1 aromatic rings. The van der Waals surface area contributed by atoms with Gasteiger partial charge in [-0.15, -0.1) is 0 Å². The lowest BCUT2D eigenvalue weighted by Gasteiger charge is -2.21. The molecular weight excluding hydrogens is 234 g/mol. The van der Waals surface area contributed by atoms with E-state index in [1.807, 2.05) is 6.07 Å². The van der Waals surface area contributed by atoms with Gasteiger partial charge in [-0.1, -0.05) is 42.5 Å². The fourth-order valence-corrected chi connectivity index (χ4v) is 2.77. The van der Waals surface area contributed by atoms with E-state index in [1.54, 1.807) is 0 Å². The first-order valence-electron chi connectivity index (χ1n) is 7.41. The molecule has 0 amide bonds. The van der Waals surface area contributed by atoms with Crippen LogP contribution >= 0.6 is 0 Å². The summed E-state index contributed by atoms with van der Waals surface area (Å²) >= 11 is 0. The van der Waals surface area contributed by atoms with Gasteiger partial charge in [-0.25, -0.2) is 0 Å². The molecule has 0 unspecified atom stereocenters.